The molecule has 2 rings (SSSR count). The van der Waals surface area contributed by atoms with Gasteiger partial charge in [-0.1, -0.05) is 0 Å². The molecule has 0 atom stereocenters. The van der Waals surface area contributed by atoms with E-state index in [0.29, 0.717) is 6.54 Å². The van der Waals surface area contributed by atoms with Gasteiger partial charge in [0.25, 0.3) is 5.56 Å². The van der Waals surface area contributed by atoms with Gasteiger partial charge in [-0.05, 0) is 6.42 Å². The first kappa shape index (κ1) is 11.2. The number of rotatable bonds is 4. The molecule has 2 aromatic heterocycles. The van der Waals surface area contributed by atoms with Gasteiger partial charge >= 0.3 is 5.69 Å². The molecule has 0 aliphatic rings. The fourth-order valence-electron chi connectivity index (χ4n) is 1.60. The van der Waals surface area contributed by atoms with Crippen LogP contribution >= 0.6 is 0 Å². The van der Waals surface area contributed by atoms with Crippen LogP contribution in [0.1, 0.15) is 6.42 Å². The summed E-state index contributed by atoms with van der Waals surface area (Å²) in [5.41, 5.74) is 4.66. The van der Waals surface area contributed by atoms with Crippen molar-refractivity contribution in [2.24, 2.45) is 0 Å². The van der Waals surface area contributed by atoms with E-state index in [9.17, 15) is 9.59 Å². The van der Waals surface area contributed by atoms with Crippen molar-refractivity contribution in [1.82, 2.24) is 19.1 Å². The van der Waals surface area contributed by atoms with Gasteiger partial charge in [-0.2, -0.15) is 0 Å². The van der Waals surface area contributed by atoms with E-state index in [2.05, 4.69) is 9.97 Å². The summed E-state index contributed by atoms with van der Waals surface area (Å²) >= 11 is 0. The molecule has 0 bridgehead atoms. The number of hydrogen-bond acceptors (Lipinski definition) is 4. The largest absolute Gasteiger partial charge is 0.385 e. The van der Waals surface area contributed by atoms with Crippen LogP contribution in [-0.2, 0) is 13.1 Å². The predicted molar refractivity (Wildman–Crippen MR) is 62.6 cm³/mol. The predicted octanol–water partition coefficient (Wildman–Crippen LogP) is -0.594. The van der Waals surface area contributed by atoms with E-state index in [0.717, 1.165) is 13.0 Å². The Morgan fingerprint density at radius 1 is 1.35 bits per heavy atom. The standard InChI is InChI=1S/C10H13N5O2/c11-8-6-9(16)13-10(17)15(8)4-1-3-14-5-2-12-7-14/h2,5-7H,1,3-4,11H2,(H,13,16,17). The minimum atomic E-state index is -0.474. The zero-order valence-electron chi connectivity index (χ0n) is 9.17. The molecule has 0 amide bonds. The summed E-state index contributed by atoms with van der Waals surface area (Å²) in [4.78, 5) is 28.5. The molecule has 0 aliphatic heterocycles. The fraction of sp³-hybridized carbons (Fsp3) is 0.300. The smallest absolute Gasteiger partial charge is 0.329 e. The van der Waals surface area contributed by atoms with E-state index >= 15 is 0 Å². The molecule has 7 heteroatoms. The van der Waals surface area contributed by atoms with Crippen molar-refractivity contribution >= 4 is 5.82 Å². The van der Waals surface area contributed by atoms with Crippen LogP contribution in [0.2, 0.25) is 0 Å². The maximum atomic E-state index is 11.5. The quantitative estimate of drug-likeness (QED) is 0.739. The highest BCUT2D eigenvalue weighted by molar-refractivity contribution is 5.25. The molecule has 0 saturated carbocycles. The van der Waals surface area contributed by atoms with Crippen molar-refractivity contribution in [3.8, 4) is 0 Å². The number of nitrogens with two attached hydrogens (primary N) is 1. The summed E-state index contributed by atoms with van der Waals surface area (Å²) in [5.74, 6) is 0.185. The summed E-state index contributed by atoms with van der Waals surface area (Å²) in [5, 5.41) is 0. The van der Waals surface area contributed by atoms with Crippen LogP contribution in [0.5, 0.6) is 0 Å². The minimum Gasteiger partial charge on any atom is -0.385 e. The molecule has 2 aromatic rings. The average molecular weight is 235 g/mol. The highest BCUT2D eigenvalue weighted by Gasteiger charge is 2.02. The Morgan fingerprint density at radius 2 is 2.18 bits per heavy atom. The van der Waals surface area contributed by atoms with Gasteiger partial charge in [0, 0.05) is 31.5 Å². The monoisotopic (exact) mass is 235 g/mol. The molecular weight excluding hydrogens is 222 g/mol. The van der Waals surface area contributed by atoms with Gasteiger partial charge in [0.1, 0.15) is 5.82 Å². The maximum Gasteiger partial charge on any atom is 0.329 e. The topological polar surface area (TPSA) is 98.7 Å². The lowest BCUT2D eigenvalue weighted by Gasteiger charge is -2.08. The highest BCUT2D eigenvalue weighted by atomic mass is 16.2. The first-order chi connectivity index (χ1) is 8.16. The van der Waals surface area contributed by atoms with E-state index < -0.39 is 11.2 Å². The molecule has 0 fully saturated rings. The Labute approximate surface area is 96.5 Å². The average Bonchev–Trinajstić information content (AvgIpc) is 2.74. The highest BCUT2D eigenvalue weighted by Crippen LogP contribution is 1.97. The number of nitrogens with one attached hydrogen (secondary N) is 1. The first-order valence-corrected chi connectivity index (χ1v) is 5.22. The van der Waals surface area contributed by atoms with Crippen LogP contribution in [-0.4, -0.2) is 19.1 Å². The molecule has 17 heavy (non-hydrogen) atoms. The van der Waals surface area contributed by atoms with Gasteiger partial charge < -0.3 is 10.3 Å². The normalized spacial score (nSPS) is 10.6. The lowest BCUT2D eigenvalue weighted by Crippen LogP contribution is -2.31. The van der Waals surface area contributed by atoms with Gasteiger partial charge in [-0.25, -0.2) is 9.78 Å². The number of aryl methyl sites for hydroxylation is 1. The van der Waals surface area contributed by atoms with E-state index in [1.807, 2.05) is 10.8 Å². The van der Waals surface area contributed by atoms with Gasteiger partial charge in [-0.3, -0.25) is 14.3 Å². The number of aromatic nitrogens is 4. The zero-order chi connectivity index (χ0) is 12.3. The van der Waals surface area contributed by atoms with Gasteiger partial charge in [0.05, 0.1) is 6.33 Å². The van der Waals surface area contributed by atoms with Gasteiger partial charge in [0.15, 0.2) is 0 Å². The van der Waals surface area contributed by atoms with E-state index in [4.69, 9.17) is 5.73 Å². The van der Waals surface area contributed by atoms with Crippen molar-refractivity contribution in [2.45, 2.75) is 19.5 Å². The van der Waals surface area contributed by atoms with Crippen molar-refractivity contribution in [3.05, 3.63) is 45.6 Å². The molecule has 0 saturated heterocycles. The van der Waals surface area contributed by atoms with Crippen LogP contribution in [0.4, 0.5) is 5.82 Å². The number of nitrogen functional groups attached to an aromatic ring is 1. The third-order valence-electron chi connectivity index (χ3n) is 2.42. The van der Waals surface area contributed by atoms with E-state index in [-0.39, 0.29) is 5.82 Å². The molecule has 0 aromatic carbocycles. The number of nitrogens with zero attached hydrogens (tertiary/aromatic N) is 3. The number of aromatic amines is 1. The molecule has 3 N–H and O–H groups in total. The number of H-pyrrole nitrogens is 1. The van der Waals surface area contributed by atoms with Crippen molar-refractivity contribution in [3.63, 3.8) is 0 Å². The number of imidazole rings is 1. The van der Waals surface area contributed by atoms with Crippen LogP contribution < -0.4 is 17.0 Å². The Kier molecular flexibility index (Phi) is 3.08. The summed E-state index contributed by atoms with van der Waals surface area (Å²) in [7, 11) is 0. The molecule has 0 aliphatic carbocycles. The Hall–Kier alpha value is -2.31. The fourth-order valence-corrected chi connectivity index (χ4v) is 1.60. The van der Waals surface area contributed by atoms with Crippen molar-refractivity contribution in [1.29, 1.82) is 0 Å². The van der Waals surface area contributed by atoms with Crippen molar-refractivity contribution in [2.75, 3.05) is 5.73 Å². The van der Waals surface area contributed by atoms with Crippen LogP contribution in [0.15, 0.2) is 34.4 Å². The minimum absolute atomic E-state index is 0.185. The van der Waals surface area contributed by atoms with Crippen LogP contribution in [0.3, 0.4) is 0 Å². The SMILES string of the molecule is Nc1cc(=O)[nH]c(=O)n1CCCn1ccnc1. The van der Waals surface area contributed by atoms with E-state index in [1.54, 1.807) is 12.5 Å². The molecule has 0 spiro atoms. The zero-order valence-corrected chi connectivity index (χ0v) is 9.17. The summed E-state index contributed by atoms with van der Waals surface area (Å²) in [6, 6.07) is 1.21. The van der Waals surface area contributed by atoms with Gasteiger partial charge in [-0.15, -0.1) is 0 Å². The third-order valence-corrected chi connectivity index (χ3v) is 2.42. The second-order valence-electron chi connectivity index (χ2n) is 3.67. The van der Waals surface area contributed by atoms with Crippen LogP contribution in [0, 0.1) is 0 Å². The molecule has 0 unspecified atom stereocenters. The van der Waals surface area contributed by atoms with E-state index in [1.165, 1.54) is 10.6 Å². The second-order valence-corrected chi connectivity index (χ2v) is 3.67. The lowest BCUT2D eigenvalue weighted by atomic mass is 10.4. The molecule has 7 nitrogen and oxygen atoms in total. The Bertz CT molecular complexity index is 596. The summed E-state index contributed by atoms with van der Waals surface area (Å²) < 4.78 is 3.26. The Morgan fingerprint density at radius 3 is 2.82 bits per heavy atom. The molecule has 2 heterocycles. The summed E-state index contributed by atoms with van der Waals surface area (Å²) in [6.07, 6.45) is 5.98. The number of anilines is 1. The van der Waals surface area contributed by atoms with Crippen LogP contribution in [0.25, 0.3) is 0 Å². The third kappa shape index (κ3) is 2.63. The molecular formula is C10H13N5O2. The molecule has 0 radical (unpaired) electrons. The van der Waals surface area contributed by atoms with Gasteiger partial charge in [0.2, 0.25) is 0 Å². The maximum absolute atomic E-state index is 11.5. The van der Waals surface area contributed by atoms with Crippen molar-refractivity contribution < 1.29 is 0 Å². The Balaban J connectivity index is 2.04. The number of hydrogen-bond donors (Lipinski definition) is 2. The second kappa shape index (κ2) is 4.69. The lowest BCUT2D eigenvalue weighted by molar-refractivity contribution is 0.549. The summed E-state index contributed by atoms with van der Waals surface area (Å²) in [6.45, 7) is 1.20. The first-order valence-electron chi connectivity index (χ1n) is 5.22. The molecule has 90 valence electrons.